The normalized spacial score (nSPS) is 10.1. The topological polar surface area (TPSA) is 26.0 Å². The minimum Gasteiger partial charge on any atom is -0.274 e. The minimum atomic E-state index is 0.833. The lowest BCUT2D eigenvalue weighted by Gasteiger charge is -1.98. The van der Waals surface area contributed by atoms with Crippen molar-refractivity contribution < 1.29 is 0 Å². The summed E-state index contributed by atoms with van der Waals surface area (Å²) < 4.78 is 0. The molecular weight excluding hydrogens is 214 g/mol. The standard InChI is InChI=1S/C10H9NS.C4H10/c11-12-10-6-5-8-3-1-2-4-9(8)7-10;1-4(2)3/h1-7H,11H2;4H,1-3H3. The lowest BCUT2D eigenvalue weighted by molar-refractivity contribution is 0.737. The third kappa shape index (κ3) is 4.25. The second kappa shape index (κ2) is 6.56. The maximum Gasteiger partial charge on any atom is 0.0232 e. The first-order valence-corrected chi connectivity index (χ1v) is 6.37. The zero-order valence-corrected chi connectivity index (χ0v) is 10.9. The molecule has 2 rings (SSSR count). The lowest BCUT2D eigenvalue weighted by Crippen LogP contribution is -1.79. The molecule has 1 nitrogen and oxygen atoms in total. The lowest BCUT2D eigenvalue weighted by atomic mass is 10.1. The Labute approximate surface area is 102 Å². The van der Waals surface area contributed by atoms with Gasteiger partial charge < -0.3 is 0 Å². The van der Waals surface area contributed by atoms with Gasteiger partial charge in [-0.1, -0.05) is 51.1 Å². The molecule has 0 aliphatic carbocycles. The summed E-state index contributed by atoms with van der Waals surface area (Å²) in [4.78, 5) is 1.11. The van der Waals surface area contributed by atoms with Crippen LogP contribution >= 0.6 is 11.9 Å². The maximum atomic E-state index is 5.46. The predicted molar refractivity (Wildman–Crippen MR) is 74.5 cm³/mol. The average Bonchev–Trinajstić information content (AvgIpc) is 2.27. The molecule has 0 aromatic heterocycles. The highest BCUT2D eigenvalue weighted by atomic mass is 32.2. The second-order valence-corrected chi connectivity index (χ2v) is 5.07. The van der Waals surface area contributed by atoms with Crippen LogP contribution in [0.4, 0.5) is 0 Å². The van der Waals surface area contributed by atoms with Gasteiger partial charge in [0.05, 0.1) is 0 Å². The molecule has 2 N–H and O–H groups in total. The van der Waals surface area contributed by atoms with Gasteiger partial charge in [-0.05, 0) is 40.8 Å². The molecule has 0 saturated heterocycles. The van der Waals surface area contributed by atoms with Gasteiger partial charge in [-0.2, -0.15) is 0 Å². The first-order valence-electron chi connectivity index (χ1n) is 5.49. The Morgan fingerprint density at radius 2 is 1.50 bits per heavy atom. The Kier molecular flexibility index (Phi) is 5.36. The van der Waals surface area contributed by atoms with Gasteiger partial charge in [0.2, 0.25) is 0 Å². The Morgan fingerprint density at radius 3 is 2.06 bits per heavy atom. The predicted octanol–water partition coefficient (Wildman–Crippen LogP) is 4.47. The quantitative estimate of drug-likeness (QED) is 0.735. The molecule has 2 heteroatoms. The molecule has 0 aliphatic rings. The van der Waals surface area contributed by atoms with Crippen LogP contribution in [0.1, 0.15) is 20.8 Å². The Hall–Kier alpha value is -0.990. The van der Waals surface area contributed by atoms with Crippen LogP contribution in [-0.4, -0.2) is 0 Å². The number of fused-ring (bicyclic) bond motifs is 1. The van der Waals surface area contributed by atoms with Crippen molar-refractivity contribution >= 4 is 22.7 Å². The average molecular weight is 233 g/mol. The Bertz CT molecular complexity index is 435. The molecule has 0 bridgehead atoms. The molecule has 0 radical (unpaired) electrons. The zero-order chi connectivity index (χ0) is 12.0. The number of rotatable bonds is 1. The van der Waals surface area contributed by atoms with Crippen LogP contribution in [-0.2, 0) is 0 Å². The third-order valence-electron chi connectivity index (χ3n) is 1.86. The van der Waals surface area contributed by atoms with E-state index in [1.807, 2.05) is 18.2 Å². The molecule has 16 heavy (non-hydrogen) atoms. The van der Waals surface area contributed by atoms with E-state index in [0.717, 1.165) is 10.8 Å². The summed E-state index contributed by atoms with van der Waals surface area (Å²) in [5.74, 6) is 0.833. The van der Waals surface area contributed by atoms with Gasteiger partial charge in [0.25, 0.3) is 0 Å². The molecular formula is C14H19NS. The molecule has 86 valence electrons. The van der Waals surface area contributed by atoms with Crippen LogP contribution in [0, 0.1) is 5.92 Å². The zero-order valence-electron chi connectivity index (χ0n) is 10.1. The van der Waals surface area contributed by atoms with Crippen LogP contribution in [0.3, 0.4) is 0 Å². The summed E-state index contributed by atoms with van der Waals surface area (Å²) in [5.41, 5.74) is 0. The third-order valence-corrected chi connectivity index (χ3v) is 2.38. The highest BCUT2D eigenvalue weighted by molar-refractivity contribution is 7.97. The molecule has 0 atom stereocenters. The van der Waals surface area contributed by atoms with E-state index in [0.29, 0.717) is 0 Å². The van der Waals surface area contributed by atoms with Crippen molar-refractivity contribution in [3.05, 3.63) is 42.5 Å². The van der Waals surface area contributed by atoms with E-state index in [1.165, 1.54) is 22.7 Å². The van der Waals surface area contributed by atoms with Crippen molar-refractivity contribution in [2.24, 2.45) is 11.1 Å². The molecule has 2 aromatic rings. The minimum absolute atomic E-state index is 0.833. The van der Waals surface area contributed by atoms with Crippen LogP contribution in [0.15, 0.2) is 47.4 Å². The molecule has 0 aliphatic heterocycles. The van der Waals surface area contributed by atoms with Crippen LogP contribution < -0.4 is 5.14 Å². The smallest absolute Gasteiger partial charge is 0.0232 e. The van der Waals surface area contributed by atoms with Gasteiger partial charge in [-0.3, -0.25) is 5.14 Å². The fraction of sp³-hybridized carbons (Fsp3) is 0.286. The fourth-order valence-corrected chi connectivity index (χ4v) is 1.58. The summed E-state index contributed by atoms with van der Waals surface area (Å²) in [6.45, 7) is 6.50. The van der Waals surface area contributed by atoms with Crippen molar-refractivity contribution in [3.63, 3.8) is 0 Å². The van der Waals surface area contributed by atoms with Crippen LogP contribution in [0.5, 0.6) is 0 Å². The van der Waals surface area contributed by atoms with E-state index in [2.05, 4.69) is 45.0 Å². The van der Waals surface area contributed by atoms with E-state index in [1.54, 1.807) is 0 Å². The van der Waals surface area contributed by atoms with E-state index in [9.17, 15) is 0 Å². The van der Waals surface area contributed by atoms with E-state index in [4.69, 9.17) is 5.14 Å². The van der Waals surface area contributed by atoms with Crippen molar-refractivity contribution in [2.45, 2.75) is 25.7 Å². The SMILES string of the molecule is CC(C)C.NSc1ccc2ccccc2c1. The van der Waals surface area contributed by atoms with Gasteiger partial charge in [0, 0.05) is 4.90 Å². The first kappa shape index (κ1) is 13.1. The van der Waals surface area contributed by atoms with Crippen molar-refractivity contribution in [3.8, 4) is 0 Å². The summed E-state index contributed by atoms with van der Waals surface area (Å²) in [5, 5.41) is 7.96. The van der Waals surface area contributed by atoms with Gasteiger partial charge in [-0.25, -0.2) is 0 Å². The second-order valence-electron chi connectivity index (χ2n) is 4.36. The van der Waals surface area contributed by atoms with Gasteiger partial charge in [0.15, 0.2) is 0 Å². The van der Waals surface area contributed by atoms with Gasteiger partial charge in [0.1, 0.15) is 0 Å². The highest BCUT2D eigenvalue weighted by Gasteiger charge is 1.93. The molecule has 0 saturated carbocycles. The van der Waals surface area contributed by atoms with Crippen LogP contribution in [0.2, 0.25) is 0 Å². The summed E-state index contributed by atoms with van der Waals surface area (Å²) in [6, 6.07) is 14.5. The monoisotopic (exact) mass is 233 g/mol. The largest absolute Gasteiger partial charge is 0.274 e. The number of hydrogen-bond acceptors (Lipinski definition) is 2. The number of nitrogens with two attached hydrogens (primary N) is 1. The molecule has 0 spiro atoms. The van der Waals surface area contributed by atoms with E-state index in [-0.39, 0.29) is 0 Å². The van der Waals surface area contributed by atoms with Crippen LogP contribution in [0.25, 0.3) is 10.8 Å². The highest BCUT2D eigenvalue weighted by Crippen LogP contribution is 2.19. The summed E-state index contributed by atoms with van der Waals surface area (Å²) in [7, 11) is 0. The summed E-state index contributed by atoms with van der Waals surface area (Å²) >= 11 is 1.28. The van der Waals surface area contributed by atoms with Crippen molar-refractivity contribution in [1.29, 1.82) is 0 Å². The molecule has 2 aromatic carbocycles. The summed E-state index contributed by atoms with van der Waals surface area (Å²) in [6.07, 6.45) is 0. The molecule has 0 fully saturated rings. The first-order chi connectivity index (χ1) is 7.63. The Morgan fingerprint density at radius 1 is 0.938 bits per heavy atom. The van der Waals surface area contributed by atoms with Gasteiger partial charge in [-0.15, -0.1) is 0 Å². The number of hydrogen-bond donors (Lipinski definition) is 1. The fourth-order valence-electron chi connectivity index (χ4n) is 1.24. The van der Waals surface area contributed by atoms with E-state index >= 15 is 0 Å². The number of benzene rings is 2. The van der Waals surface area contributed by atoms with Crippen molar-refractivity contribution in [2.75, 3.05) is 0 Å². The molecule has 0 heterocycles. The van der Waals surface area contributed by atoms with Gasteiger partial charge >= 0.3 is 0 Å². The molecule has 0 unspecified atom stereocenters. The van der Waals surface area contributed by atoms with E-state index < -0.39 is 0 Å². The Balaban J connectivity index is 0.000000280. The molecule has 0 amide bonds. The maximum absolute atomic E-state index is 5.46. The van der Waals surface area contributed by atoms with Crippen molar-refractivity contribution in [1.82, 2.24) is 0 Å².